The molecular formula is C12H14N2O4. The van der Waals surface area contributed by atoms with Crippen LogP contribution in [0.2, 0.25) is 0 Å². The van der Waals surface area contributed by atoms with Crippen LogP contribution in [-0.4, -0.2) is 29.1 Å². The highest BCUT2D eigenvalue weighted by atomic mass is 16.6. The minimum Gasteiger partial charge on any atom is -0.477 e. The summed E-state index contributed by atoms with van der Waals surface area (Å²) in [6.07, 6.45) is 1.05. The third-order valence-electron chi connectivity index (χ3n) is 3.20. The summed E-state index contributed by atoms with van der Waals surface area (Å²) in [4.78, 5) is 23.2. The summed E-state index contributed by atoms with van der Waals surface area (Å²) in [6, 6.07) is 4.29. The van der Waals surface area contributed by atoms with Crippen LogP contribution in [0.5, 0.6) is 0 Å². The quantitative estimate of drug-likeness (QED) is 0.656. The van der Waals surface area contributed by atoms with E-state index in [0.29, 0.717) is 5.92 Å². The van der Waals surface area contributed by atoms with Gasteiger partial charge in [0.25, 0.3) is 5.69 Å². The van der Waals surface area contributed by atoms with Crippen molar-refractivity contribution in [2.45, 2.75) is 13.3 Å². The highest BCUT2D eigenvalue weighted by Crippen LogP contribution is 2.29. The molecule has 1 saturated heterocycles. The number of carboxylic acids is 1. The minimum absolute atomic E-state index is 0.268. The van der Waals surface area contributed by atoms with Crippen LogP contribution in [0.1, 0.15) is 23.7 Å². The van der Waals surface area contributed by atoms with Crippen molar-refractivity contribution >= 4 is 17.3 Å². The number of nitro groups is 1. The highest BCUT2D eigenvalue weighted by Gasteiger charge is 2.24. The van der Waals surface area contributed by atoms with E-state index in [1.165, 1.54) is 12.1 Å². The molecule has 0 spiro atoms. The molecule has 1 unspecified atom stereocenters. The first-order valence-corrected chi connectivity index (χ1v) is 5.75. The summed E-state index contributed by atoms with van der Waals surface area (Å²) in [6.45, 7) is 3.83. The van der Waals surface area contributed by atoms with Gasteiger partial charge in [-0.3, -0.25) is 10.1 Å². The zero-order valence-electron chi connectivity index (χ0n) is 10.00. The Morgan fingerprint density at radius 1 is 1.56 bits per heavy atom. The summed E-state index contributed by atoms with van der Waals surface area (Å²) < 4.78 is 0. The second kappa shape index (κ2) is 4.64. The number of carboxylic acid groups (broad SMARTS) is 1. The van der Waals surface area contributed by atoms with E-state index >= 15 is 0 Å². The van der Waals surface area contributed by atoms with Gasteiger partial charge in [-0.05, 0) is 24.5 Å². The molecule has 0 saturated carbocycles. The second-order valence-corrected chi connectivity index (χ2v) is 4.60. The fraction of sp³-hybridized carbons (Fsp3) is 0.417. The SMILES string of the molecule is CC1CCN(c2ccc(C(=O)O)c([N+](=O)[O-])c2)C1. The van der Waals surface area contributed by atoms with Gasteiger partial charge in [0.2, 0.25) is 0 Å². The Kier molecular flexibility index (Phi) is 3.18. The summed E-state index contributed by atoms with van der Waals surface area (Å²) in [5.74, 6) is -0.716. The predicted molar refractivity (Wildman–Crippen MR) is 66.0 cm³/mol. The number of nitro benzene ring substituents is 1. The van der Waals surface area contributed by atoms with Gasteiger partial charge in [0.15, 0.2) is 0 Å². The predicted octanol–water partition coefficient (Wildman–Crippen LogP) is 2.14. The van der Waals surface area contributed by atoms with Crippen LogP contribution in [0, 0.1) is 16.0 Å². The molecule has 6 heteroatoms. The lowest BCUT2D eigenvalue weighted by Crippen LogP contribution is -2.19. The van der Waals surface area contributed by atoms with Crippen molar-refractivity contribution in [2.24, 2.45) is 5.92 Å². The Morgan fingerprint density at radius 3 is 2.78 bits per heavy atom. The molecule has 1 aromatic rings. The van der Waals surface area contributed by atoms with Crippen molar-refractivity contribution in [3.05, 3.63) is 33.9 Å². The van der Waals surface area contributed by atoms with Crippen LogP contribution in [0.4, 0.5) is 11.4 Å². The molecule has 0 aliphatic carbocycles. The number of anilines is 1. The van der Waals surface area contributed by atoms with Gasteiger partial charge in [-0.15, -0.1) is 0 Å². The minimum atomic E-state index is -1.27. The standard InChI is InChI=1S/C12H14N2O4/c1-8-4-5-13(7-8)9-2-3-10(12(15)16)11(6-9)14(17)18/h2-3,6,8H,4-5,7H2,1H3,(H,15,16). The van der Waals surface area contributed by atoms with Crippen LogP contribution in [0.15, 0.2) is 18.2 Å². The van der Waals surface area contributed by atoms with E-state index in [2.05, 4.69) is 6.92 Å². The van der Waals surface area contributed by atoms with E-state index in [1.54, 1.807) is 6.07 Å². The van der Waals surface area contributed by atoms with Crippen LogP contribution >= 0.6 is 0 Å². The van der Waals surface area contributed by atoms with Crippen molar-refractivity contribution < 1.29 is 14.8 Å². The van der Waals surface area contributed by atoms with Gasteiger partial charge in [0.05, 0.1) is 4.92 Å². The Balaban J connectivity index is 2.37. The molecule has 1 atom stereocenters. The second-order valence-electron chi connectivity index (χ2n) is 4.60. The Hall–Kier alpha value is -2.11. The molecule has 18 heavy (non-hydrogen) atoms. The van der Waals surface area contributed by atoms with Gasteiger partial charge in [0, 0.05) is 24.8 Å². The molecule has 2 rings (SSSR count). The number of carbonyl (C=O) groups is 1. The molecule has 1 fully saturated rings. The van der Waals surface area contributed by atoms with Crippen molar-refractivity contribution in [3.63, 3.8) is 0 Å². The largest absolute Gasteiger partial charge is 0.477 e. The van der Waals surface area contributed by atoms with Gasteiger partial charge in [-0.25, -0.2) is 4.79 Å². The maximum atomic E-state index is 10.9. The van der Waals surface area contributed by atoms with E-state index in [4.69, 9.17) is 5.11 Å². The molecule has 1 aliphatic rings. The van der Waals surface area contributed by atoms with E-state index in [0.717, 1.165) is 25.2 Å². The van der Waals surface area contributed by atoms with E-state index in [1.807, 2.05) is 4.90 Å². The van der Waals surface area contributed by atoms with E-state index in [-0.39, 0.29) is 11.3 Å². The normalized spacial score (nSPS) is 18.9. The number of hydrogen-bond donors (Lipinski definition) is 1. The smallest absolute Gasteiger partial charge is 0.342 e. The average Bonchev–Trinajstić information content (AvgIpc) is 2.75. The fourth-order valence-electron chi connectivity index (χ4n) is 2.22. The lowest BCUT2D eigenvalue weighted by molar-refractivity contribution is -0.385. The van der Waals surface area contributed by atoms with Gasteiger partial charge in [-0.2, -0.15) is 0 Å². The van der Waals surface area contributed by atoms with Gasteiger partial charge < -0.3 is 10.0 Å². The highest BCUT2D eigenvalue weighted by molar-refractivity contribution is 5.93. The molecule has 1 aromatic carbocycles. The lowest BCUT2D eigenvalue weighted by atomic mass is 10.1. The fourth-order valence-corrected chi connectivity index (χ4v) is 2.22. The van der Waals surface area contributed by atoms with Crippen LogP contribution in [0.25, 0.3) is 0 Å². The molecule has 96 valence electrons. The molecule has 0 amide bonds. The average molecular weight is 250 g/mol. The summed E-state index contributed by atoms with van der Waals surface area (Å²) in [5, 5.41) is 19.8. The number of benzene rings is 1. The monoisotopic (exact) mass is 250 g/mol. The van der Waals surface area contributed by atoms with Crippen LogP contribution in [-0.2, 0) is 0 Å². The van der Waals surface area contributed by atoms with Gasteiger partial charge in [-0.1, -0.05) is 6.92 Å². The number of rotatable bonds is 3. The first-order valence-electron chi connectivity index (χ1n) is 5.75. The zero-order valence-corrected chi connectivity index (χ0v) is 10.00. The maximum absolute atomic E-state index is 10.9. The molecule has 0 aromatic heterocycles. The number of aromatic carboxylic acids is 1. The maximum Gasteiger partial charge on any atom is 0.342 e. The first-order chi connectivity index (χ1) is 8.49. The molecule has 0 bridgehead atoms. The van der Waals surface area contributed by atoms with E-state index < -0.39 is 10.9 Å². The van der Waals surface area contributed by atoms with Crippen LogP contribution in [0.3, 0.4) is 0 Å². The number of nitrogens with zero attached hydrogens (tertiary/aromatic N) is 2. The zero-order chi connectivity index (χ0) is 13.3. The molecule has 0 radical (unpaired) electrons. The van der Waals surface area contributed by atoms with Crippen LogP contribution < -0.4 is 4.90 Å². The topological polar surface area (TPSA) is 83.7 Å². The van der Waals surface area contributed by atoms with Crippen molar-refractivity contribution in [2.75, 3.05) is 18.0 Å². The summed E-state index contributed by atoms with van der Waals surface area (Å²) in [5.41, 5.74) is 0.103. The Bertz CT molecular complexity index is 501. The molecule has 6 nitrogen and oxygen atoms in total. The van der Waals surface area contributed by atoms with Crippen molar-refractivity contribution in [3.8, 4) is 0 Å². The summed E-state index contributed by atoms with van der Waals surface area (Å²) in [7, 11) is 0. The van der Waals surface area contributed by atoms with Gasteiger partial charge >= 0.3 is 5.97 Å². The molecule has 1 aliphatic heterocycles. The third-order valence-corrected chi connectivity index (χ3v) is 3.20. The summed E-state index contributed by atoms with van der Waals surface area (Å²) >= 11 is 0. The Labute approximate surface area is 104 Å². The lowest BCUT2D eigenvalue weighted by Gasteiger charge is -2.18. The molecule has 1 N–H and O–H groups in total. The van der Waals surface area contributed by atoms with Crippen molar-refractivity contribution in [1.29, 1.82) is 0 Å². The first kappa shape index (κ1) is 12.3. The van der Waals surface area contributed by atoms with Gasteiger partial charge in [0.1, 0.15) is 5.56 Å². The van der Waals surface area contributed by atoms with E-state index in [9.17, 15) is 14.9 Å². The molecular weight excluding hydrogens is 236 g/mol. The molecule has 1 heterocycles. The Morgan fingerprint density at radius 2 is 2.28 bits per heavy atom. The third kappa shape index (κ3) is 2.27. The number of hydrogen-bond acceptors (Lipinski definition) is 4. The van der Waals surface area contributed by atoms with Crippen molar-refractivity contribution in [1.82, 2.24) is 0 Å².